The van der Waals surface area contributed by atoms with Crippen molar-refractivity contribution < 1.29 is 9.84 Å². The lowest BCUT2D eigenvalue weighted by Crippen LogP contribution is -2.50. The second kappa shape index (κ2) is 4.09. The predicted octanol–water partition coefficient (Wildman–Crippen LogP) is 1.46. The Bertz CT molecular complexity index is 426. The van der Waals surface area contributed by atoms with Crippen molar-refractivity contribution in [1.82, 2.24) is 5.32 Å². The fourth-order valence-electron chi connectivity index (χ4n) is 3.13. The van der Waals surface area contributed by atoms with Crippen LogP contribution in [0.25, 0.3) is 0 Å². The maximum absolute atomic E-state index is 10.9. The van der Waals surface area contributed by atoms with E-state index >= 15 is 0 Å². The van der Waals surface area contributed by atoms with Crippen LogP contribution in [0.3, 0.4) is 0 Å². The summed E-state index contributed by atoms with van der Waals surface area (Å²) in [5.41, 5.74) is 3.34. The van der Waals surface area contributed by atoms with Crippen LogP contribution in [0.4, 0.5) is 0 Å². The summed E-state index contributed by atoms with van der Waals surface area (Å²) < 4.78 is 5.75. The Labute approximate surface area is 102 Å². The molecule has 0 amide bonds. The van der Waals surface area contributed by atoms with Gasteiger partial charge in [-0.3, -0.25) is 0 Å². The summed E-state index contributed by atoms with van der Waals surface area (Å²) in [6.45, 7) is 3.62. The minimum Gasteiger partial charge on any atom is -0.361 e. The van der Waals surface area contributed by atoms with Crippen molar-refractivity contribution in [3.63, 3.8) is 0 Å². The van der Waals surface area contributed by atoms with Crippen molar-refractivity contribution in [1.29, 1.82) is 0 Å². The van der Waals surface area contributed by atoms with Crippen molar-refractivity contribution in [3.8, 4) is 0 Å². The minimum atomic E-state index is -1.13. The Balaban J connectivity index is 2.08. The number of ether oxygens (including phenoxy) is 1. The van der Waals surface area contributed by atoms with Crippen LogP contribution in [-0.2, 0) is 16.9 Å². The molecule has 0 aromatic heterocycles. The highest BCUT2D eigenvalue weighted by Crippen LogP contribution is 2.38. The molecular formula is C14H19NO2. The van der Waals surface area contributed by atoms with E-state index in [1.165, 1.54) is 5.56 Å². The molecule has 2 aliphatic rings. The smallest absolute Gasteiger partial charge is 0.208 e. The summed E-state index contributed by atoms with van der Waals surface area (Å²) in [4.78, 5) is 0. The fraction of sp³-hybridized carbons (Fsp3) is 0.571. The Kier molecular flexibility index (Phi) is 2.69. The van der Waals surface area contributed by atoms with Gasteiger partial charge >= 0.3 is 0 Å². The first-order valence-corrected chi connectivity index (χ1v) is 6.40. The first kappa shape index (κ1) is 11.2. The molecule has 0 aliphatic carbocycles. The summed E-state index contributed by atoms with van der Waals surface area (Å²) in [6, 6.07) is 6.24. The van der Waals surface area contributed by atoms with Crippen LogP contribution in [0.5, 0.6) is 0 Å². The SMILES string of the molecule is Cc1cccc2c1[C@](O)([C@H]1CCCN1)OCC2. The molecule has 0 saturated carbocycles. The van der Waals surface area contributed by atoms with Crippen LogP contribution in [0.1, 0.15) is 29.5 Å². The van der Waals surface area contributed by atoms with Crippen molar-refractivity contribution in [3.05, 3.63) is 34.9 Å². The molecule has 1 aromatic carbocycles. The summed E-state index contributed by atoms with van der Waals surface area (Å²) in [6.07, 6.45) is 2.98. The lowest BCUT2D eigenvalue weighted by Gasteiger charge is -2.39. The molecule has 3 heteroatoms. The molecule has 2 heterocycles. The Morgan fingerprint density at radius 3 is 3.12 bits per heavy atom. The molecule has 2 atom stereocenters. The largest absolute Gasteiger partial charge is 0.361 e. The van der Waals surface area contributed by atoms with Gasteiger partial charge in [-0.2, -0.15) is 0 Å². The summed E-state index contributed by atoms with van der Waals surface area (Å²) in [5.74, 6) is -1.13. The van der Waals surface area contributed by atoms with Crippen LogP contribution in [-0.4, -0.2) is 24.3 Å². The van der Waals surface area contributed by atoms with Gasteiger partial charge in [0, 0.05) is 5.56 Å². The van der Waals surface area contributed by atoms with E-state index < -0.39 is 5.79 Å². The maximum atomic E-state index is 10.9. The number of nitrogens with one attached hydrogen (secondary N) is 1. The Hall–Kier alpha value is -0.900. The van der Waals surface area contributed by atoms with E-state index in [4.69, 9.17) is 4.74 Å². The molecule has 17 heavy (non-hydrogen) atoms. The topological polar surface area (TPSA) is 41.5 Å². The normalized spacial score (nSPS) is 32.5. The summed E-state index contributed by atoms with van der Waals surface area (Å²) in [5, 5.41) is 14.3. The van der Waals surface area contributed by atoms with E-state index in [1.54, 1.807) is 0 Å². The van der Waals surface area contributed by atoms with Crippen molar-refractivity contribution >= 4 is 0 Å². The standard InChI is InChI=1S/C14H19NO2/c1-10-4-2-5-11-7-9-17-14(16,13(10)11)12-6-3-8-15-12/h2,4-5,12,15-16H,3,6-9H2,1H3/t12-,14+/m1/s1. The number of aliphatic hydroxyl groups is 1. The number of hydrogen-bond acceptors (Lipinski definition) is 3. The highest BCUT2D eigenvalue weighted by atomic mass is 16.6. The third-order valence-corrected chi connectivity index (χ3v) is 3.94. The molecule has 1 aromatic rings. The summed E-state index contributed by atoms with van der Waals surface area (Å²) in [7, 11) is 0. The monoisotopic (exact) mass is 233 g/mol. The number of rotatable bonds is 1. The Morgan fingerprint density at radius 2 is 2.35 bits per heavy atom. The zero-order chi connectivity index (χ0) is 11.9. The van der Waals surface area contributed by atoms with Gasteiger partial charge in [-0.25, -0.2) is 0 Å². The van der Waals surface area contributed by atoms with Gasteiger partial charge in [0.1, 0.15) is 0 Å². The minimum absolute atomic E-state index is 0.0302. The van der Waals surface area contributed by atoms with Gasteiger partial charge in [-0.1, -0.05) is 18.2 Å². The molecule has 1 fully saturated rings. The lowest BCUT2D eigenvalue weighted by molar-refractivity contribution is -0.236. The van der Waals surface area contributed by atoms with Gasteiger partial charge in [0.2, 0.25) is 5.79 Å². The molecule has 3 nitrogen and oxygen atoms in total. The number of fused-ring (bicyclic) bond motifs is 1. The van der Waals surface area contributed by atoms with Crippen LogP contribution in [0, 0.1) is 6.92 Å². The fourth-order valence-corrected chi connectivity index (χ4v) is 3.13. The Morgan fingerprint density at radius 1 is 1.47 bits per heavy atom. The quantitative estimate of drug-likeness (QED) is 0.771. The molecule has 1 saturated heterocycles. The molecule has 2 aliphatic heterocycles. The molecule has 0 bridgehead atoms. The van der Waals surface area contributed by atoms with Gasteiger partial charge in [-0.15, -0.1) is 0 Å². The highest BCUT2D eigenvalue weighted by Gasteiger charge is 2.45. The van der Waals surface area contributed by atoms with E-state index in [1.807, 2.05) is 13.0 Å². The average Bonchev–Trinajstić information content (AvgIpc) is 2.83. The number of benzene rings is 1. The molecule has 0 radical (unpaired) electrons. The summed E-state index contributed by atoms with van der Waals surface area (Å²) >= 11 is 0. The maximum Gasteiger partial charge on any atom is 0.208 e. The third kappa shape index (κ3) is 1.69. The average molecular weight is 233 g/mol. The second-order valence-electron chi connectivity index (χ2n) is 5.05. The van der Waals surface area contributed by atoms with E-state index in [-0.39, 0.29) is 6.04 Å². The van der Waals surface area contributed by atoms with E-state index in [9.17, 15) is 5.11 Å². The predicted molar refractivity (Wildman–Crippen MR) is 65.8 cm³/mol. The molecule has 2 N–H and O–H groups in total. The zero-order valence-corrected chi connectivity index (χ0v) is 10.2. The molecule has 3 rings (SSSR count). The van der Waals surface area contributed by atoms with Crippen LogP contribution in [0.2, 0.25) is 0 Å². The van der Waals surface area contributed by atoms with Crippen LogP contribution >= 0.6 is 0 Å². The van der Waals surface area contributed by atoms with Gasteiger partial charge in [-0.05, 0) is 43.9 Å². The van der Waals surface area contributed by atoms with E-state index in [0.717, 1.165) is 36.9 Å². The zero-order valence-electron chi connectivity index (χ0n) is 10.2. The first-order valence-electron chi connectivity index (χ1n) is 6.40. The van der Waals surface area contributed by atoms with Crippen molar-refractivity contribution in [2.75, 3.05) is 13.2 Å². The number of hydrogen-bond donors (Lipinski definition) is 2. The lowest BCUT2D eigenvalue weighted by atomic mass is 9.86. The highest BCUT2D eigenvalue weighted by molar-refractivity contribution is 5.40. The van der Waals surface area contributed by atoms with Gasteiger partial charge in [0.05, 0.1) is 12.6 Å². The second-order valence-corrected chi connectivity index (χ2v) is 5.05. The van der Waals surface area contributed by atoms with Gasteiger partial charge in [0.25, 0.3) is 0 Å². The van der Waals surface area contributed by atoms with E-state index in [0.29, 0.717) is 6.61 Å². The van der Waals surface area contributed by atoms with Crippen LogP contribution < -0.4 is 5.32 Å². The van der Waals surface area contributed by atoms with Crippen LogP contribution in [0.15, 0.2) is 18.2 Å². The molecule has 92 valence electrons. The molecule has 0 spiro atoms. The van der Waals surface area contributed by atoms with E-state index in [2.05, 4.69) is 17.4 Å². The molecular weight excluding hydrogens is 214 g/mol. The van der Waals surface area contributed by atoms with Crippen molar-refractivity contribution in [2.45, 2.75) is 38.0 Å². The third-order valence-electron chi connectivity index (χ3n) is 3.94. The van der Waals surface area contributed by atoms with Gasteiger partial charge in [0.15, 0.2) is 0 Å². The van der Waals surface area contributed by atoms with Crippen molar-refractivity contribution in [2.24, 2.45) is 0 Å². The molecule has 0 unspecified atom stereocenters. The first-order chi connectivity index (χ1) is 8.22. The number of aryl methyl sites for hydroxylation is 1. The van der Waals surface area contributed by atoms with Gasteiger partial charge < -0.3 is 15.2 Å².